The predicted octanol–water partition coefficient (Wildman–Crippen LogP) is 3.06. The Bertz CT molecular complexity index is 431. The third-order valence-corrected chi connectivity index (χ3v) is 3.62. The molecule has 0 atom stereocenters. The molecular formula is C11H21N2O5P. The van der Waals surface area contributed by atoms with Crippen molar-refractivity contribution in [2.45, 2.75) is 46.6 Å². The molecule has 1 aromatic heterocycles. The second kappa shape index (κ2) is 6.61. The molecule has 0 spiro atoms. The van der Waals surface area contributed by atoms with Gasteiger partial charge >= 0.3 is 7.82 Å². The number of phosphoric acid groups is 1. The van der Waals surface area contributed by atoms with Gasteiger partial charge in [-0.15, -0.1) is 10.2 Å². The fourth-order valence-corrected chi connectivity index (χ4v) is 2.30. The van der Waals surface area contributed by atoms with E-state index >= 15 is 0 Å². The number of hydrogen-bond acceptors (Lipinski definition) is 7. The molecule has 110 valence electrons. The van der Waals surface area contributed by atoms with Crippen LogP contribution in [0.15, 0.2) is 4.42 Å². The van der Waals surface area contributed by atoms with Gasteiger partial charge in [-0.05, 0) is 13.8 Å². The summed E-state index contributed by atoms with van der Waals surface area (Å²) in [7, 11) is -3.54. The zero-order chi connectivity index (χ0) is 14.5. The van der Waals surface area contributed by atoms with Crippen LogP contribution >= 0.6 is 7.82 Å². The van der Waals surface area contributed by atoms with Crippen LogP contribution in [-0.4, -0.2) is 23.4 Å². The van der Waals surface area contributed by atoms with Crippen LogP contribution in [-0.2, 0) is 30.2 Å². The van der Waals surface area contributed by atoms with E-state index in [0.717, 1.165) is 0 Å². The Morgan fingerprint density at radius 2 is 1.68 bits per heavy atom. The van der Waals surface area contributed by atoms with Gasteiger partial charge in [-0.1, -0.05) is 20.8 Å². The minimum absolute atomic E-state index is 0.111. The predicted molar refractivity (Wildman–Crippen MR) is 68.6 cm³/mol. The zero-order valence-corrected chi connectivity index (χ0v) is 12.9. The summed E-state index contributed by atoms with van der Waals surface area (Å²) in [5, 5.41) is 7.74. The first kappa shape index (κ1) is 16.3. The van der Waals surface area contributed by atoms with Gasteiger partial charge < -0.3 is 4.42 Å². The first-order valence-electron chi connectivity index (χ1n) is 6.17. The zero-order valence-electron chi connectivity index (χ0n) is 12.0. The molecule has 0 aliphatic heterocycles. The van der Waals surface area contributed by atoms with Gasteiger partial charge in [0.25, 0.3) is 0 Å². The molecule has 0 unspecified atom stereocenters. The van der Waals surface area contributed by atoms with Crippen molar-refractivity contribution in [3.63, 3.8) is 0 Å². The highest BCUT2D eigenvalue weighted by atomic mass is 31.2. The average molecular weight is 292 g/mol. The largest absolute Gasteiger partial charge is 0.475 e. The van der Waals surface area contributed by atoms with E-state index in [1.54, 1.807) is 13.8 Å². The van der Waals surface area contributed by atoms with E-state index in [4.69, 9.17) is 18.0 Å². The quantitative estimate of drug-likeness (QED) is 0.714. The molecule has 0 saturated heterocycles. The Kier molecular flexibility index (Phi) is 5.67. The van der Waals surface area contributed by atoms with E-state index in [2.05, 4.69) is 10.2 Å². The summed E-state index contributed by atoms with van der Waals surface area (Å²) in [4.78, 5) is 0. The van der Waals surface area contributed by atoms with E-state index in [9.17, 15) is 4.57 Å². The molecule has 7 nitrogen and oxygen atoms in total. The lowest BCUT2D eigenvalue weighted by Crippen LogP contribution is -2.11. The molecule has 1 aromatic rings. The van der Waals surface area contributed by atoms with Gasteiger partial charge in [0.05, 0.1) is 13.2 Å². The van der Waals surface area contributed by atoms with Crippen LogP contribution in [0.4, 0.5) is 0 Å². The molecule has 0 amide bonds. The Morgan fingerprint density at radius 1 is 1.11 bits per heavy atom. The van der Waals surface area contributed by atoms with E-state index in [1.165, 1.54) is 0 Å². The fraction of sp³-hybridized carbons (Fsp3) is 0.818. The van der Waals surface area contributed by atoms with Crippen molar-refractivity contribution in [1.29, 1.82) is 0 Å². The van der Waals surface area contributed by atoms with Gasteiger partial charge in [-0.25, -0.2) is 4.57 Å². The van der Waals surface area contributed by atoms with Gasteiger partial charge in [0.15, 0.2) is 0 Å². The van der Waals surface area contributed by atoms with E-state index in [-0.39, 0.29) is 31.1 Å². The lowest BCUT2D eigenvalue weighted by atomic mass is 9.97. The van der Waals surface area contributed by atoms with Crippen molar-refractivity contribution < 1.29 is 22.6 Å². The lowest BCUT2D eigenvalue weighted by Gasteiger charge is -2.15. The number of hydrogen-bond donors (Lipinski definition) is 0. The van der Waals surface area contributed by atoms with Crippen molar-refractivity contribution in [2.75, 3.05) is 13.2 Å². The van der Waals surface area contributed by atoms with Crippen molar-refractivity contribution >= 4 is 7.82 Å². The Morgan fingerprint density at radius 3 is 2.11 bits per heavy atom. The van der Waals surface area contributed by atoms with Crippen molar-refractivity contribution in [3.8, 4) is 0 Å². The average Bonchev–Trinajstić information content (AvgIpc) is 2.75. The maximum atomic E-state index is 12.0. The van der Waals surface area contributed by atoms with Crippen molar-refractivity contribution in [1.82, 2.24) is 10.2 Å². The normalized spacial score (nSPS) is 12.9. The first-order chi connectivity index (χ1) is 8.80. The fourth-order valence-electron chi connectivity index (χ4n) is 1.18. The highest BCUT2D eigenvalue weighted by Crippen LogP contribution is 2.49. The van der Waals surface area contributed by atoms with Gasteiger partial charge in [0.1, 0.15) is 6.61 Å². The van der Waals surface area contributed by atoms with Crippen LogP contribution in [0.1, 0.15) is 46.4 Å². The van der Waals surface area contributed by atoms with Crippen LogP contribution in [0, 0.1) is 0 Å². The maximum Gasteiger partial charge on any atom is 0.475 e. The van der Waals surface area contributed by atoms with Gasteiger partial charge in [-0.3, -0.25) is 13.6 Å². The third-order valence-electron chi connectivity index (χ3n) is 2.03. The SMILES string of the molecule is CCOP(=O)(OCC)OCc1nnc(C(C)(C)C)o1. The smallest absolute Gasteiger partial charge is 0.422 e. The summed E-state index contributed by atoms with van der Waals surface area (Å²) in [6.07, 6.45) is 0. The molecule has 0 radical (unpaired) electrons. The molecule has 1 rings (SSSR count). The molecule has 8 heteroatoms. The minimum atomic E-state index is -3.54. The van der Waals surface area contributed by atoms with Crippen molar-refractivity contribution in [3.05, 3.63) is 11.8 Å². The summed E-state index contributed by atoms with van der Waals surface area (Å²) in [5.74, 6) is 0.735. The van der Waals surface area contributed by atoms with Crippen LogP contribution in [0.25, 0.3) is 0 Å². The van der Waals surface area contributed by atoms with E-state index < -0.39 is 7.82 Å². The van der Waals surface area contributed by atoms with Gasteiger partial charge in [-0.2, -0.15) is 0 Å². The Labute approximate surface area is 113 Å². The van der Waals surface area contributed by atoms with Gasteiger partial charge in [0.2, 0.25) is 11.8 Å². The number of aromatic nitrogens is 2. The van der Waals surface area contributed by atoms with E-state index in [0.29, 0.717) is 5.89 Å². The summed E-state index contributed by atoms with van der Waals surface area (Å²) in [5.41, 5.74) is -0.241. The van der Waals surface area contributed by atoms with Crippen LogP contribution in [0.5, 0.6) is 0 Å². The summed E-state index contributed by atoms with van der Waals surface area (Å²) >= 11 is 0. The molecule has 0 aliphatic rings. The lowest BCUT2D eigenvalue weighted by molar-refractivity contribution is 0.107. The highest BCUT2D eigenvalue weighted by Gasteiger charge is 2.27. The second-order valence-corrected chi connectivity index (χ2v) is 6.48. The maximum absolute atomic E-state index is 12.0. The molecule has 0 N–H and O–H groups in total. The highest BCUT2D eigenvalue weighted by molar-refractivity contribution is 7.48. The molecule has 0 aromatic carbocycles. The summed E-state index contributed by atoms with van der Waals surface area (Å²) < 4.78 is 32.6. The molecule has 19 heavy (non-hydrogen) atoms. The molecular weight excluding hydrogens is 271 g/mol. The first-order valence-corrected chi connectivity index (χ1v) is 7.63. The summed E-state index contributed by atoms with van der Waals surface area (Å²) in [6.45, 7) is 9.63. The van der Waals surface area contributed by atoms with Gasteiger partial charge in [0, 0.05) is 5.41 Å². The minimum Gasteiger partial charge on any atom is -0.422 e. The summed E-state index contributed by atoms with van der Waals surface area (Å²) in [6, 6.07) is 0. The van der Waals surface area contributed by atoms with Crippen LogP contribution in [0.2, 0.25) is 0 Å². The number of rotatable bonds is 7. The Hall–Kier alpha value is -0.750. The molecule has 0 fully saturated rings. The molecule has 0 bridgehead atoms. The van der Waals surface area contributed by atoms with Crippen LogP contribution < -0.4 is 0 Å². The van der Waals surface area contributed by atoms with Crippen LogP contribution in [0.3, 0.4) is 0 Å². The standard InChI is InChI=1S/C11H21N2O5P/c1-6-15-19(14,16-7-2)17-8-9-12-13-10(18-9)11(3,4)5/h6-8H2,1-5H3. The Balaban J connectivity index is 2.65. The third kappa shape index (κ3) is 5.03. The molecule has 0 aliphatic carbocycles. The molecule has 1 heterocycles. The monoisotopic (exact) mass is 292 g/mol. The topological polar surface area (TPSA) is 83.7 Å². The number of phosphoric ester groups is 1. The molecule has 0 saturated carbocycles. The number of nitrogens with zero attached hydrogens (tertiary/aromatic N) is 2. The van der Waals surface area contributed by atoms with E-state index in [1.807, 2.05) is 20.8 Å². The van der Waals surface area contributed by atoms with Crippen molar-refractivity contribution in [2.24, 2.45) is 0 Å². The second-order valence-electron chi connectivity index (χ2n) is 4.81.